The summed E-state index contributed by atoms with van der Waals surface area (Å²) in [6.07, 6.45) is 0. The molecule has 0 aliphatic heterocycles. The molecule has 2 aromatic carbocycles. The summed E-state index contributed by atoms with van der Waals surface area (Å²) < 4.78 is 2.98. The Morgan fingerprint density at radius 2 is 1.55 bits per heavy atom. The van der Waals surface area contributed by atoms with Gasteiger partial charge in [-0.2, -0.15) is 0 Å². The second-order valence-corrected chi connectivity index (χ2v) is 7.42. The Labute approximate surface area is 149 Å². The lowest BCUT2D eigenvalue weighted by Crippen LogP contribution is -2.13. The van der Waals surface area contributed by atoms with Crippen molar-refractivity contribution in [2.45, 2.75) is 0 Å². The van der Waals surface area contributed by atoms with E-state index in [1.165, 1.54) is 0 Å². The average molecular weight is 528 g/mol. The van der Waals surface area contributed by atoms with Gasteiger partial charge in [-0.25, -0.2) is 0 Å². The number of carbonyl (C=O) groups excluding carboxylic acids is 1. The Hall–Kier alpha value is -0.370. The number of nitrogens with two attached hydrogens (primary N) is 1. The lowest BCUT2D eigenvalue weighted by molar-refractivity contribution is 0.102. The maximum atomic E-state index is 12.3. The molecule has 0 bridgehead atoms. The van der Waals surface area contributed by atoms with Crippen LogP contribution < -0.4 is 11.1 Å². The van der Waals surface area contributed by atoms with Crippen LogP contribution >= 0.6 is 63.7 Å². The highest BCUT2D eigenvalue weighted by Crippen LogP contribution is 2.34. The fourth-order valence-electron chi connectivity index (χ4n) is 1.56. The molecule has 2 rings (SSSR count). The summed E-state index contributed by atoms with van der Waals surface area (Å²) in [4.78, 5) is 12.3. The minimum absolute atomic E-state index is 0.218. The molecule has 0 fully saturated rings. The van der Waals surface area contributed by atoms with E-state index in [4.69, 9.17) is 5.73 Å². The van der Waals surface area contributed by atoms with Crippen molar-refractivity contribution >= 4 is 81.0 Å². The minimum atomic E-state index is -0.218. The second-order valence-electron chi connectivity index (χ2n) is 3.94. The quantitative estimate of drug-likeness (QED) is 0.502. The molecule has 1 amide bonds. The maximum absolute atomic E-state index is 12.3. The summed E-state index contributed by atoms with van der Waals surface area (Å²) in [7, 11) is 0. The summed E-state index contributed by atoms with van der Waals surface area (Å²) in [5.74, 6) is -0.218. The van der Waals surface area contributed by atoms with Crippen LogP contribution in [0.25, 0.3) is 0 Å². The highest BCUT2D eigenvalue weighted by Gasteiger charge is 2.14. The zero-order valence-corrected chi connectivity index (χ0v) is 16.2. The van der Waals surface area contributed by atoms with Gasteiger partial charge in [0.15, 0.2) is 0 Å². The van der Waals surface area contributed by atoms with Crippen LogP contribution in [-0.4, -0.2) is 5.91 Å². The molecule has 0 spiro atoms. The molecule has 0 aliphatic rings. The van der Waals surface area contributed by atoms with E-state index in [0.29, 0.717) is 25.9 Å². The first-order valence-electron chi connectivity index (χ1n) is 5.39. The summed E-state index contributed by atoms with van der Waals surface area (Å²) in [6.45, 7) is 0. The molecule has 3 N–H and O–H groups in total. The number of carbonyl (C=O) groups is 1. The summed E-state index contributed by atoms with van der Waals surface area (Å²) in [5, 5.41) is 2.85. The van der Waals surface area contributed by atoms with Gasteiger partial charge in [-0.05, 0) is 78.1 Å². The van der Waals surface area contributed by atoms with Crippen LogP contribution in [0.4, 0.5) is 11.4 Å². The number of amides is 1. The van der Waals surface area contributed by atoms with E-state index in [-0.39, 0.29) is 5.91 Å². The van der Waals surface area contributed by atoms with Crippen LogP contribution in [-0.2, 0) is 0 Å². The van der Waals surface area contributed by atoms with Gasteiger partial charge in [0.1, 0.15) is 0 Å². The number of hydrogen-bond acceptors (Lipinski definition) is 2. The molecular formula is C13H8Br4N2O. The molecule has 104 valence electrons. The molecule has 0 unspecified atom stereocenters. The van der Waals surface area contributed by atoms with Crippen molar-refractivity contribution in [2.75, 3.05) is 11.1 Å². The average Bonchev–Trinajstić information content (AvgIpc) is 2.36. The number of halogens is 4. The van der Waals surface area contributed by atoms with Gasteiger partial charge in [-0.15, -0.1) is 0 Å². The first kappa shape index (κ1) is 16.0. The Morgan fingerprint density at radius 3 is 2.15 bits per heavy atom. The minimum Gasteiger partial charge on any atom is -0.399 e. The SMILES string of the molecule is Nc1cc(Br)c(NC(=O)c2cc(Br)ccc2Br)c(Br)c1. The van der Waals surface area contributed by atoms with E-state index in [1.54, 1.807) is 18.2 Å². The Bertz CT molecular complexity index is 665. The number of hydrogen-bond donors (Lipinski definition) is 2. The van der Waals surface area contributed by atoms with Crippen LogP contribution in [0.5, 0.6) is 0 Å². The molecule has 0 atom stereocenters. The number of nitrogen functional groups attached to an aromatic ring is 1. The Balaban J connectivity index is 2.35. The maximum Gasteiger partial charge on any atom is 0.256 e. The smallest absolute Gasteiger partial charge is 0.256 e. The first-order chi connectivity index (χ1) is 9.38. The molecule has 7 heteroatoms. The third-order valence-electron chi connectivity index (χ3n) is 2.48. The largest absolute Gasteiger partial charge is 0.399 e. The summed E-state index contributed by atoms with van der Waals surface area (Å²) in [5.41, 5.74) is 7.50. The third-order valence-corrected chi connectivity index (χ3v) is 4.91. The van der Waals surface area contributed by atoms with Crippen molar-refractivity contribution in [3.8, 4) is 0 Å². The van der Waals surface area contributed by atoms with Crippen molar-refractivity contribution in [3.05, 3.63) is 53.8 Å². The Morgan fingerprint density at radius 1 is 0.950 bits per heavy atom. The lowest BCUT2D eigenvalue weighted by atomic mass is 10.2. The summed E-state index contributed by atoms with van der Waals surface area (Å²) in [6, 6.07) is 8.88. The first-order valence-corrected chi connectivity index (χ1v) is 8.56. The fourth-order valence-corrected chi connectivity index (χ4v) is 3.77. The number of rotatable bonds is 2. The van der Waals surface area contributed by atoms with Crippen molar-refractivity contribution in [2.24, 2.45) is 0 Å². The molecule has 3 nitrogen and oxygen atoms in total. The molecule has 0 aromatic heterocycles. The van der Waals surface area contributed by atoms with Gasteiger partial charge in [-0.3, -0.25) is 4.79 Å². The third kappa shape index (κ3) is 3.63. The molecule has 0 saturated carbocycles. The van der Waals surface area contributed by atoms with Gasteiger partial charge in [0, 0.05) is 23.6 Å². The molecule has 0 heterocycles. The van der Waals surface area contributed by atoms with Crippen LogP contribution in [0.1, 0.15) is 10.4 Å². The fraction of sp³-hybridized carbons (Fsp3) is 0. The summed E-state index contributed by atoms with van der Waals surface area (Å²) >= 11 is 13.5. The second kappa shape index (κ2) is 6.60. The van der Waals surface area contributed by atoms with E-state index >= 15 is 0 Å². The predicted molar refractivity (Wildman–Crippen MR) is 96.0 cm³/mol. The predicted octanol–water partition coefficient (Wildman–Crippen LogP) is 5.57. The molecule has 20 heavy (non-hydrogen) atoms. The van der Waals surface area contributed by atoms with Crippen molar-refractivity contribution in [1.29, 1.82) is 0 Å². The topological polar surface area (TPSA) is 55.1 Å². The molecule has 0 saturated heterocycles. The van der Waals surface area contributed by atoms with E-state index in [2.05, 4.69) is 69.0 Å². The van der Waals surface area contributed by atoms with Crippen molar-refractivity contribution < 1.29 is 4.79 Å². The standard InChI is InChI=1S/C13H8Br4N2O/c14-6-1-2-9(15)8(3-6)13(20)19-12-10(16)4-7(18)5-11(12)17/h1-5H,18H2,(H,19,20). The van der Waals surface area contributed by atoms with E-state index in [1.807, 2.05) is 12.1 Å². The van der Waals surface area contributed by atoms with Crippen molar-refractivity contribution in [1.82, 2.24) is 0 Å². The zero-order chi connectivity index (χ0) is 14.9. The van der Waals surface area contributed by atoms with E-state index in [0.717, 1.165) is 8.95 Å². The molecule has 2 aromatic rings. The van der Waals surface area contributed by atoms with Crippen molar-refractivity contribution in [3.63, 3.8) is 0 Å². The van der Waals surface area contributed by atoms with Crippen LogP contribution in [0, 0.1) is 0 Å². The van der Waals surface area contributed by atoms with E-state index in [9.17, 15) is 4.79 Å². The highest BCUT2D eigenvalue weighted by atomic mass is 79.9. The van der Waals surface area contributed by atoms with Gasteiger partial charge in [-0.1, -0.05) is 15.9 Å². The number of nitrogens with one attached hydrogen (secondary N) is 1. The number of anilines is 2. The monoisotopic (exact) mass is 524 g/mol. The van der Waals surface area contributed by atoms with Crippen LogP contribution in [0.15, 0.2) is 48.2 Å². The van der Waals surface area contributed by atoms with Gasteiger partial charge in [0.2, 0.25) is 0 Å². The van der Waals surface area contributed by atoms with Crippen LogP contribution in [0.3, 0.4) is 0 Å². The Kier molecular flexibility index (Phi) is 5.28. The highest BCUT2D eigenvalue weighted by molar-refractivity contribution is 9.11. The lowest BCUT2D eigenvalue weighted by Gasteiger charge is -2.12. The van der Waals surface area contributed by atoms with Gasteiger partial charge >= 0.3 is 0 Å². The number of benzene rings is 2. The van der Waals surface area contributed by atoms with Gasteiger partial charge < -0.3 is 11.1 Å². The van der Waals surface area contributed by atoms with Gasteiger partial charge in [0.05, 0.1) is 11.3 Å². The molecule has 0 radical (unpaired) electrons. The molecular weight excluding hydrogens is 520 g/mol. The van der Waals surface area contributed by atoms with Crippen LogP contribution in [0.2, 0.25) is 0 Å². The van der Waals surface area contributed by atoms with Gasteiger partial charge in [0.25, 0.3) is 5.91 Å². The molecule has 0 aliphatic carbocycles. The normalized spacial score (nSPS) is 10.4. The van der Waals surface area contributed by atoms with E-state index < -0.39 is 0 Å². The zero-order valence-electron chi connectivity index (χ0n) is 9.88.